The largest absolute Gasteiger partial charge is 0.350 e. The first-order chi connectivity index (χ1) is 11.9. The molecule has 0 saturated heterocycles. The van der Waals surface area contributed by atoms with Crippen molar-refractivity contribution in [1.82, 2.24) is 24.4 Å². The van der Waals surface area contributed by atoms with Crippen molar-refractivity contribution in [2.24, 2.45) is 7.05 Å². The third kappa shape index (κ3) is 3.29. The summed E-state index contributed by atoms with van der Waals surface area (Å²) in [6.45, 7) is 8.52. The van der Waals surface area contributed by atoms with Crippen molar-refractivity contribution in [1.29, 1.82) is 0 Å². The van der Waals surface area contributed by atoms with Crippen LogP contribution in [0.15, 0.2) is 30.6 Å². The second-order valence-corrected chi connectivity index (χ2v) is 6.78. The van der Waals surface area contributed by atoms with Crippen LogP contribution < -0.4 is 5.32 Å². The van der Waals surface area contributed by atoms with Gasteiger partial charge in [0.25, 0.3) is 0 Å². The van der Waals surface area contributed by atoms with Crippen LogP contribution in [0.2, 0.25) is 0 Å². The molecular weight excluding hydrogens is 314 g/mol. The highest BCUT2D eigenvalue weighted by atomic mass is 16.2. The Labute approximate surface area is 147 Å². The number of carbonyl (C=O) groups is 1. The van der Waals surface area contributed by atoms with Gasteiger partial charge in [0.05, 0.1) is 11.0 Å². The standard InChI is InChI=1S/C19H25N5O/c1-12(2)18-20-8-9-24(18)13(3)19(25)21-11-15-6-7-17-16(10-15)22-14(4)23(17)5/h6-10,12-13H,11H2,1-5H3,(H,21,25)/t13-/m0/s1. The predicted molar refractivity (Wildman–Crippen MR) is 98.3 cm³/mol. The lowest BCUT2D eigenvalue weighted by molar-refractivity contribution is -0.124. The normalized spacial score (nSPS) is 12.7. The number of carbonyl (C=O) groups excluding carboxylic acids is 1. The van der Waals surface area contributed by atoms with Gasteiger partial charge < -0.3 is 14.5 Å². The number of hydrogen-bond acceptors (Lipinski definition) is 3. The van der Waals surface area contributed by atoms with E-state index in [-0.39, 0.29) is 17.9 Å². The molecule has 0 aliphatic carbocycles. The van der Waals surface area contributed by atoms with E-state index >= 15 is 0 Å². The number of benzene rings is 1. The van der Waals surface area contributed by atoms with Crippen LogP contribution in [0.1, 0.15) is 49.9 Å². The van der Waals surface area contributed by atoms with E-state index in [0.717, 1.165) is 28.2 Å². The zero-order valence-electron chi connectivity index (χ0n) is 15.4. The molecule has 0 radical (unpaired) electrons. The summed E-state index contributed by atoms with van der Waals surface area (Å²) in [5.41, 5.74) is 3.10. The molecule has 1 N–H and O–H groups in total. The summed E-state index contributed by atoms with van der Waals surface area (Å²) in [6, 6.07) is 5.82. The summed E-state index contributed by atoms with van der Waals surface area (Å²) in [4.78, 5) is 21.4. The molecule has 0 aliphatic heterocycles. The second kappa shape index (κ2) is 6.70. The molecule has 132 valence electrons. The van der Waals surface area contributed by atoms with Crippen molar-refractivity contribution in [3.8, 4) is 0 Å². The third-order valence-electron chi connectivity index (χ3n) is 4.65. The maximum absolute atomic E-state index is 12.5. The molecule has 0 aliphatic rings. The van der Waals surface area contributed by atoms with E-state index in [9.17, 15) is 4.79 Å². The second-order valence-electron chi connectivity index (χ2n) is 6.78. The maximum atomic E-state index is 12.5. The summed E-state index contributed by atoms with van der Waals surface area (Å²) >= 11 is 0. The van der Waals surface area contributed by atoms with Crippen molar-refractivity contribution >= 4 is 16.9 Å². The molecule has 3 rings (SSSR count). The van der Waals surface area contributed by atoms with Crippen LogP contribution in [-0.4, -0.2) is 25.0 Å². The molecule has 1 atom stereocenters. The van der Waals surface area contributed by atoms with Crippen LogP contribution in [0, 0.1) is 6.92 Å². The Morgan fingerprint density at radius 3 is 2.76 bits per heavy atom. The highest BCUT2D eigenvalue weighted by Gasteiger charge is 2.19. The van der Waals surface area contributed by atoms with Crippen molar-refractivity contribution in [2.75, 3.05) is 0 Å². The summed E-state index contributed by atoms with van der Waals surface area (Å²) in [7, 11) is 2.01. The van der Waals surface area contributed by atoms with E-state index < -0.39 is 0 Å². The van der Waals surface area contributed by atoms with Crippen LogP contribution in [-0.2, 0) is 18.4 Å². The molecule has 0 unspecified atom stereocenters. The molecule has 0 fully saturated rings. The quantitative estimate of drug-likeness (QED) is 0.777. The van der Waals surface area contributed by atoms with Gasteiger partial charge in [0.2, 0.25) is 5.91 Å². The molecule has 1 amide bonds. The maximum Gasteiger partial charge on any atom is 0.243 e. The predicted octanol–water partition coefficient (Wildman–Crippen LogP) is 3.08. The topological polar surface area (TPSA) is 64.7 Å². The van der Waals surface area contributed by atoms with Crippen molar-refractivity contribution < 1.29 is 4.79 Å². The Morgan fingerprint density at radius 2 is 2.04 bits per heavy atom. The molecule has 3 aromatic rings. The Hall–Kier alpha value is -2.63. The lowest BCUT2D eigenvalue weighted by Crippen LogP contribution is -2.31. The molecule has 0 saturated carbocycles. The Bertz CT molecular complexity index is 906. The zero-order valence-corrected chi connectivity index (χ0v) is 15.4. The van der Waals surface area contributed by atoms with Gasteiger partial charge in [-0.1, -0.05) is 19.9 Å². The molecule has 2 aromatic heterocycles. The molecular formula is C19H25N5O. The van der Waals surface area contributed by atoms with Crippen molar-refractivity contribution in [2.45, 2.75) is 46.2 Å². The van der Waals surface area contributed by atoms with Gasteiger partial charge in [-0.25, -0.2) is 9.97 Å². The smallest absolute Gasteiger partial charge is 0.243 e. The first-order valence-corrected chi connectivity index (χ1v) is 8.61. The van der Waals surface area contributed by atoms with E-state index in [4.69, 9.17) is 0 Å². The number of nitrogens with one attached hydrogen (secondary N) is 1. The molecule has 0 spiro atoms. The van der Waals surface area contributed by atoms with Crippen LogP contribution in [0.25, 0.3) is 11.0 Å². The minimum absolute atomic E-state index is 0.0165. The summed E-state index contributed by atoms with van der Waals surface area (Å²) in [5.74, 6) is 2.16. The number of hydrogen-bond donors (Lipinski definition) is 1. The van der Waals surface area contributed by atoms with Gasteiger partial charge in [0.15, 0.2) is 0 Å². The van der Waals surface area contributed by atoms with E-state index in [0.29, 0.717) is 6.54 Å². The fourth-order valence-electron chi connectivity index (χ4n) is 3.04. The van der Waals surface area contributed by atoms with Gasteiger partial charge in [0.1, 0.15) is 17.7 Å². The number of amides is 1. The molecule has 0 bridgehead atoms. The summed E-state index contributed by atoms with van der Waals surface area (Å²) < 4.78 is 4.00. The minimum atomic E-state index is -0.291. The first kappa shape index (κ1) is 17.2. The van der Waals surface area contributed by atoms with Crippen molar-refractivity contribution in [3.63, 3.8) is 0 Å². The van der Waals surface area contributed by atoms with Gasteiger partial charge in [0, 0.05) is 31.9 Å². The number of aryl methyl sites for hydroxylation is 2. The number of fused-ring (bicyclic) bond motifs is 1. The molecule has 6 nitrogen and oxygen atoms in total. The number of nitrogens with zero attached hydrogens (tertiary/aromatic N) is 4. The van der Waals surface area contributed by atoms with Crippen molar-refractivity contribution in [3.05, 3.63) is 47.8 Å². The fourth-order valence-corrected chi connectivity index (χ4v) is 3.04. The SMILES string of the molecule is Cc1nc2cc(CNC(=O)[C@H](C)n3ccnc3C(C)C)ccc2n1C. The third-order valence-corrected chi connectivity index (χ3v) is 4.65. The van der Waals surface area contributed by atoms with Crippen LogP contribution >= 0.6 is 0 Å². The fraction of sp³-hybridized carbons (Fsp3) is 0.421. The van der Waals surface area contributed by atoms with Crippen LogP contribution in [0.3, 0.4) is 0 Å². The highest BCUT2D eigenvalue weighted by Crippen LogP contribution is 2.18. The molecule has 25 heavy (non-hydrogen) atoms. The van der Waals surface area contributed by atoms with E-state index in [1.807, 2.05) is 49.9 Å². The van der Waals surface area contributed by atoms with Gasteiger partial charge in [-0.15, -0.1) is 0 Å². The van der Waals surface area contributed by atoms with Gasteiger partial charge >= 0.3 is 0 Å². The lowest BCUT2D eigenvalue weighted by Gasteiger charge is -2.17. The van der Waals surface area contributed by atoms with Gasteiger partial charge in [-0.2, -0.15) is 0 Å². The molecule has 1 aromatic carbocycles. The zero-order chi connectivity index (χ0) is 18.1. The minimum Gasteiger partial charge on any atom is -0.350 e. The number of imidazole rings is 2. The van der Waals surface area contributed by atoms with Gasteiger partial charge in [-0.05, 0) is 31.5 Å². The highest BCUT2D eigenvalue weighted by molar-refractivity contribution is 5.80. The Morgan fingerprint density at radius 1 is 1.28 bits per heavy atom. The average molecular weight is 339 g/mol. The molecule has 6 heteroatoms. The van der Waals surface area contributed by atoms with E-state index in [1.165, 1.54) is 0 Å². The van der Waals surface area contributed by atoms with E-state index in [1.54, 1.807) is 6.20 Å². The Kier molecular flexibility index (Phi) is 4.61. The molecule has 2 heterocycles. The van der Waals surface area contributed by atoms with Crippen LogP contribution in [0.4, 0.5) is 0 Å². The first-order valence-electron chi connectivity index (χ1n) is 8.61. The Balaban J connectivity index is 1.70. The lowest BCUT2D eigenvalue weighted by atomic mass is 10.1. The summed E-state index contributed by atoms with van der Waals surface area (Å²) in [5, 5.41) is 3.02. The number of aromatic nitrogens is 4. The number of rotatable bonds is 5. The average Bonchev–Trinajstić information content (AvgIpc) is 3.17. The van der Waals surface area contributed by atoms with E-state index in [2.05, 4.69) is 33.7 Å². The monoisotopic (exact) mass is 339 g/mol. The summed E-state index contributed by atoms with van der Waals surface area (Å²) in [6.07, 6.45) is 3.61. The van der Waals surface area contributed by atoms with Gasteiger partial charge in [-0.3, -0.25) is 4.79 Å². The van der Waals surface area contributed by atoms with Crippen LogP contribution in [0.5, 0.6) is 0 Å².